The summed E-state index contributed by atoms with van der Waals surface area (Å²) in [6, 6.07) is 11.0. The number of hydrogen-bond donors (Lipinski definition) is 1. The van der Waals surface area contributed by atoms with Gasteiger partial charge in [-0.05, 0) is 25.6 Å². The van der Waals surface area contributed by atoms with Crippen LogP contribution in [0.2, 0.25) is 0 Å². The van der Waals surface area contributed by atoms with E-state index in [0.717, 1.165) is 19.5 Å². The van der Waals surface area contributed by atoms with Crippen molar-refractivity contribution < 1.29 is 0 Å². The predicted octanol–water partition coefficient (Wildman–Crippen LogP) is 1.51. The molecule has 1 aromatic rings. The molecule has 0 saturated carbocycles. The number of hydrogen-bond acceptors (Lipinski definition) is 2. The monoisotopic (exact) mass is 192 g/mol. The summed E-state index contributed by atoms with van der Waals surface area (Å²) in [5.41, 5.74) is 7.12. The largest absolute Gasteiger partial charge is 0.329 e. The summed E-state index contributed by atoms with van der Waals surface area (Å²) < 4.78 is 0. The van der Waals surface area contributed by atoms with Crippen molar-refractivity contribution in [2.75, 3.05) is 20.1 Å². The molecule has 78 valence electrons. The topological polar surface area (TPSA) is 29.3 Å². The summed E-state index contributed by atoms with van der Waals surface area (Å²) in [6.45, 7) is 3.93. The maximum Gasteiger partial charge on any atom is 0.0255 e. The van der Waals surface area contributed by atoms with E-state index in [4.69, 9.17) is 5.73 Å². The van der Waals surface area contributed by atoms with Crippen molar-refractivity contribution in [2.24, 2.45) is 5.73 Å². The number of nitrogens with zero attached hydrogens (tertiary/aromatic N) is 1. The Morgan fingerprint density at radius 3 is 2.43 bits per heavy atom. The molecule has 0 saturated heterocycles. The molecule has 0 aliphatic heterocycles. The second-order valence-electron chi connectivity index (χ2n) is 3.65. The number of rotatable bonds is 5. The molecule has 0 aliphatic carbocycles. The first-order valence-electron chi connectivity index (χ1n) is 5.22. The van der Waals surface area contributed by atoms with Crippen LogP contribution in [-0.2, 0) is 6.42 Å². The summed E-state index contributed by atoms with van der Waals surface area (Å²) in [5, 5.41) is 0. The normalized spacial score (nSPS) is 13.1. The van der Waals surface area contributed by atoms with Crippen LogP contribution in [-0.4, -0.2) is 31.1 Å². The van der Waals surface area contributed by atoms with Gasteiger partial charge < -0.3 is 10.6 Å². The summed E-state index contributed by atoms with van der Waals surface area (Å²) in [5.74, 6) is 0. The Kier molecular flexibility index (Phi) is 4.63. The van der Waals surface area contributed by atoms with E-state index in [2.05, 4.69) is 43.1 Å². The van der Waals surface area contributed by atoms with Crippen LogP contribution < -0.4 is 5.73 Å². The molecular formula is C12H20N2. The van der Waals surface area contributed by atoms with Gasteiger partial charge >= 0.3 is 0 Å². The van der Waals surface area contributed by atoms with Crippen molar-refractivity contribution in [2.45, 2.75) is 19.4 Å². The summed E-state index contributed by atoms with van der Waals surface area (Å²) in [4.78, 5) is 2.30. The fraction of sp³-hybridized carbons (Fsp3) is 0.500. The van der Waals surface area contributed by atoms with E-state index in [1.165, 1.54) is 5.56 Å². The maximum absolute atomic E-state index is 5.76. The van der Waals surface area contributed by atoms with Crippen molar-refractivity contribution in [3.8, 4) is 0 Å². The Morgan fingerprint density at radius 1 is 1.29 bits per heavy atom. The molecule has 2 N–H and O–H groups in total. The zero-order valence-corrected chi connectivity index (χ0v) is 9.11. The Morgan fingerprint density at radius 2 is 1.93 bits per heavy atom. The summed E-state index contributed by atoms with van der Waals surface area (Å²) in [6.07, 6.45) is 1.04. The molecule has 14 heavy (non-hydrogen) atoms. The SMILES string of the molecule is CCN(C)C(CN)Cc1ccccc1. The smallest absolute Gasteiger partial charge is 0.0255 e. The van der Waals surface area contributed by atoms with Crippen molar-refractivity contribution in [3.63, 3.8) is 0 Å². The van der Waals surface area contributed by atoms with Crippen LogP contribution in [0.1, 0.15) is 12.5 Å². The molecule has 0 amide bonds. The molecule has 2 heteroatoms. The van der Waals surface area contributed by atoms with Crippen LogP contribution >= 0.6 is 0 Å². The number of nitrogens with two attached hydrogens (primary N) is 1. The highest BCUT2D eigenvalue weighted by Crippen LogP contribution is 2.06. The lowest BCUT2D eigenvalue weighted by molar-refractivity contribution is 0.258. The Bertz CT molecular complexity index is 246. The van der Waals surface area contributed by atoms with Crippen molar-refractivity contribution in [3.05, 3.63) is 35.9 Å². The lowest BCUT2D eigenvalue weighted by Crippen LogP contribution is -2.39. The first-order chi connectivity index (χ1) is 6.77. The second kappa shape index (κ2) is 5.78. The van der Waals surface area contributed by atoms with Gasteiger partial charge in [-0.3, -0.25) is 0 Å². The average molecular weight is 192 g/mol. The molecule has 1 unspecified atom stereocenters. The van der Waals surface area contributed by atoms with E-state index in [0.29, 0.717) is 6.04 Å². The minimum absolute atomic E-state index is 0.461. The molecule has 0 bridgehead atoms. The molecule has 0 heterocycles. The Hall–Kier alpha value is -0.860. The van der Waals surface area contributed by atoms with Crippen LogP contribution in [0.3, 0.4) is 0 Å². The molecule has 0 radical (unpaired) electrons. The average Bonchev–Trinajstić information content (AvgIpc) is 2.26. The van der Waals surface area contributed by atoms with Gasteiger partial charge in [0.05, 0.1) is 0 Å². The lowest BCUT2D eigenvalue weighted by Gasteiger charge is -2.25. The number of benzene rings is 1. The van der Waals surface area contributed by atoms with Crippen LogP contribution in [0.15, 0.2) is 30.3 Å². The van der Waals surface area contributed by atoms with Gasteiger partial charge in [0, 0.05) is 12.6 Å². The fourth-order valence-corrected chi connectivity index (χ4v) is 1.56. The number of likely N-dealkylation sites (N-methyl/N-ethyl adjacent to an activating group) is 1. The highest BCUT2D eigenvalue weighted by atomic mass is 15.1. The third-order valence-corrected chi connectivity index (χ3v) is 2.71. The zero-order chi connectivity index (χ0) is 10.4. The van der Waals surface area contributed by atoms with E-state index < -0.39 is 0 Å². The van der Waals surface area contributed by atoms with Gasteiger partial charge in [-0.15, -0.1) is 0 Å². The molecule has 2 nitrogen and oxygen atoms in total. The molecular weight excluding hydrogens is 172 g/mol. The molecule has 1 rings (SSSR count). The van der Waals surface area contributed by atoms with Crippen LogP contribution in [0.25, 0.3) is 0 Å². The first kappa shape index (κ1) is 11.2. The van der Waals surface area contributed by atoms with Crippen molar-refractivity contribution >= 4 is 0 Å². The Labute approximate surface area is 86.7 Å². The first-order valence-corrected chi connectivity index (χ1v) is 5.22. The van der Waals surface area contributed by atoms with Gasteiger partial charge in [-0.25, -0.2) is 0 Å². The van der Waals surface area contributed by atoms with E-state index in [1.807, 2.05) is 6.07 Å². The van der Waals surface area contributed by atoms with Crippen LogP contribution in [0.4, 0.5) is 0 Å². The second-order valence-corrected chi connectivity index (χ2v) is 3.65. The van der Waals surface area contributed by atoms with Gasteiger partial charge in [-0.1, -0.05) is 37.3 Å². The highest BCUT2D eigenvalue weighted by molar-refractivity contribution is 5.15. The molecule has 1 aromatic carbocycles. The molecule has 1 atom stereocenters. The highest BCUT2D eigenvalue weighted by Gasteiger charge is 2.11. The van der Waals surface area contributed by atoms with Crippen LogP contribution in [0, 0.1) is 0 Å². The van der Waals surface area contributed by atoms with E-state index in [-0.39, 0.29) is 0 Å². The standard InChI is InChI=1S/C12H20N2/c1-3-14(2)12(10-13)9-11-7-5-4-6-8-11/h4-8,12H,3,9-10,13H2,1-2H3. The lowest BCUT2D eigenvalue weighted by atomic mass is 10.1. The van der Waals surface area contributed by atoms with Gasteiger partial charge in [-0.2, -0.15) is 0 Å². The van der Waals surface area contributed by atoms with E-state index in [9.17, 15) is 0 Å². The van der Waals surface area contributed by atoms with Crippen molar-refractivity contribution in [1.29, 1.82) is 0 Å². The fourth-order valence-electron chi connectivity index (χ4n) is 1.56. The molecule has 0 spiro atoms. The zero-order valence-electron chi connectivity index (χ0n) is 9.11. The van der Waals surface area contributed by atoms with Crippen molar-refractivity contribution in [1.82, 2.24) is 4.90 Å². The molecule has 0 aromatic heterocycles. The third-order valence-electron chi connectivity index (χ3n) is 2.71. The molecule has 0 aliphatic rings. The predicted molar refractivity (Wildman–Crippen MR) is 61.3 cm³/mol. The quantitative estimate of drug-likeness (QED) is 0.766. The van der Waals surface area contributed by atoms with Gasteiger partial charge in [0.15, 0.2) is 0 Å². The van der Waals surface area contributed by atoms with E-state index in [1.54, 1.807) is 0 Å². The minimum atomic E-state index is 0.461. The summed E-state index contributed by atoms with van der Waals surface area (Å²) >= 11 is 0. The van der Waals surface area contributed by atoms with E-state index >= 15 is 0 Å². The van der Waals surface area contributed by atoms with Crippen LogP contribution in [0.5, 0.6) is 0 Å². The van der Waals surface area contributed by atoms with Gasteiger partial charge in [0.2, 0.25) is 0 Å². The minimum Gasteiger partial charge on any atom is -0.329 e. The molecule has 0 fully saturated rings. The summed E-state index contributed by atoms with van der Waals surface area (Å²) in [7, 11) is 2.13. The Balaban J connectivity index is 2.57. The maximum atomic E-state index is 5.76. The van der Waals surface area contributed by atoms with Gasteiger partial charge in [0.25, 0.3) is 0 Å². The third kappa shape index (κ3) is 3.13. The van der Waals surface area contributed by atoms with Gasteiger partial charge in [0.1, 0.15) is 0 Å².